The predicted octanol–water partition coefficient (Wildman–Crippen LogP) is 2.70. The standard InChI is InChI=1S/C13H18ClN3O/c1-8(7-9-3-4-9)16-13(18)12-10(14)5-6-11(15-2)17-12/h5-6,8-9H,3-4,7H2,1-2H3,(H,15,17)(H,16,18). The number of rotatable bonds is 5. The zero-order valence-electron chi connectivity index (χ0n) is 10.7. The van der Waals surface area contributed by atoms with Gasteiger partial charge in [-0.1, -0.05) is 24.4 Å². The Morgan fingerprint density at radius 2 is 2.28 bits per heavy atom. The van der Waals surface area contributed by atoms with Crippen molar-refractivity contribution in [2.45, 2.75) is 32.2 Å². The lowest BCUT2D eigenvalue weighted by Crippen LogP contribution is -2.33. The van der Waals surface area contributed by atoms with Gasteiger partial charge in [0.05, 0.1) is 5.02 Å². The molecule has 98 valence electrons. The van der Waals surface area contributed by atoms with Gasteiger partial charge in [-0.25, -0.2) is 4.98 Å². The van der Waals surface area contributed by atoms with Gasteiger partial charge in [-0.15, -0.1) is 0 Å². The van der Waals surface area contributed by atoms with Gasteiger partial charge in [0.25, 0.3) is 5.91 Å². The molecule has 1 unspecified atom stereocenters. The molecule has 1 amide bonds. The van der Waals surface area contributed by atoms with Crippen molar-refractivity contribution < 1.29 is 4.79 Å². The molecule has 0 bridgehead atoms. The number of nitrogens with zero attached hydrogens (tertiary/aromatic N) is 1. The number of nitrogens with one attached hydrogen (secondary N) is 2. The van der Waals surface area contributed by atoms with Crippen molar-refractivity contribution in [3.63, 3.8) is 0 Å². The van der Waals surface area contributed by atoms with Gasteiger partial charge in [-0.05, 0) is 31.4 Å². The molecule has 0 aliphatic heterocycles. The van der Waals surface area contributed by atoms with E-state index in [1.54, 1.807) is 19.2 Å². The molecule has 2 N–H and O–H groups in total. The second-order valence-corrected chi connectivity index (χ2v) is 5.24. The number of aromatic nitrogens is 1. The molecule has 1 aromatic heterocycles. The largest absolute Gasteiger partial charge is 0.373 e. The molecule has 0 spiro atoms. The van der Waals surface area contributed by atoms with Gasteiger partial charge >= 0.3 is 0 Å². The first kappa shape index (κ1) is 13.1. The van der Waals surface area contributed by atoms with Crippen molar-refractivity contribution in [2.75, 3.05) is 12.4 Å². The SMILES string of the molecule is CNc1ccc(Cl)c(C(=O)NC(C)CC2CC2)n1. The van der Waals surface area contributed by atoms with E-state index >= 15 is 0 Å². The molecule has 2 rings (SSSR count). The molecule has 0 saturated heterocycles. The van der Waals surface area contributed by atoms with Crippen LogP contribution in [0.5, 0.6) is 0 Å². The maximum absolute atomic E-state index is 12.1. The molecule has 18 heavy (non-hydrogen) atoms. The summed E-state index contributed by atoms with van der Waals surface area (Å²) >= 11 is 6.00. The van der Waals surface area contributed by atoms with Crippen LogP contribution in [0.25, 0.3) is 0 Å². The number of pyridine rings is 1. The highest BCUT2D eigenvalue weighted by Gasteiger charge is 2.25. The lowest BCUT2D eigenvalue weighted by molar-refractivity contribution is 0.0932. The van der Waals surface area contributed by atoms with Gasteiger partial charge in [0.1, 0.15) is 11.5 Å². The molecule has 1 saturated carbocycles. The number of hydrogen-bond donors (Lipinski definition) is 2. The van der Waals surface area contributed by atoms with E-state index in [1.165, 1.54) is 12.8 Å². The molecule has 0 radical (unpaired) electrons. The van der Waals surface area contributed by atoms with Crippen LogP contribution in [0.3, 0.4) is 0 Å². The van der Waals surface area contributed by atoms with Crippen molar-refractivity contribution in [1.82, 2.24) is 10.3 Å². The van der Waals surface area contributed by atoms with E-state index in [9.17, 15) is 4.79 Å². The Kier molecular flexibility index (Phi) is 4.07. The Labute approximate surface area is 112 Å². The van der Waals surface area contributed by atoms with E-state index < -0.39 is 0 Å². The maximum Gasteiger partial charge on any atom is 0.271 e. The summed E-state index contributed by atoms with van der Waals surface area (Å²) in [6.45, 7) is 2.02. The molecule has 1 aliphatic rings. The Morgan fingerprint density at radius 1 is 1.56 bits per heavy atom. The number of carbonyl (C=O) groups is 1. The van der Waals surface area contributed by atoms with Gasteiger partial charge in [0.2, 0.25) is 0 Å². The van der Waals surface area contributed by atoms with E-state index in [4.69, 9.17) is 11.6 Å². The molecule has 1 aromatic rings. The Bertz CT molecular complexity index is 446. The fourth-order valence-corrected chi connectivity index (χ4v) is 2.14. The van der Waals surface area contributed by atoms with Crippen LogP contribution in [0.2, 0.25) is 5.02 Å². The number of hydrogen-bond acceptors (Lipinski definition) is 3. The summed E-state index contributed by atoms with van der Waals surface area (Å²) in [4.78, 5) is 16.2. The molecular formula is C13H18ClN3O. The molecule has 1 aliphatic carbocycles. The normalized spacial score (nSPS) is 16.2. The van der Waals surface area contributed by atoms with E-state index in [0.717, 1.165) is 12.3 Å². The lowest BCUT2D eigenvalue weighted by atomic mass is 10.1. The van der Waals surface area contributed by atoms with E-state index in [2.05, 4.69) is 15.6 Å². The van der Waals surface area contributed by atoms with Crippen LogP contribution in [-0.4, -0.2) is 24.0 Å². The highest BCUT2D eigenvalue weighted by Crippen LogP contribution is 2.33. The minimum Gasteiger partial charge on any atom is -0.373 e. The molecule has 1 heterocycles. The Hall–Kier alpha value is -1.29. The van der Waals surface area contributed by atoms with Gasteiger partial charge in [0.15, 0.2) is 0 Å². The monoisotopic (exact) mass is 267 g/mol. The first-order valence-corrected chi connectivity index (χ1v) is 6.63. The number of carbonyl (C=O) groups excluding carboxylic acids is 1. The smallest absolute Gasteiger partial charge is 0.271 e. The topological polar surface area (TPSA) is 54.0 Å². The van der Waals surface area contributed by atoms with E-state index in [1.807, 2.05) is 6.92 Å². The number of amides is 1. The van der Waals surface area contributed by atoms with E-state index in [-0.39, 0.29) is 17.6 Å². The maximum atomic E-state index is 12.1. The van der Waals surface area contributed by atoms with Crippen molar-refractivity contribution in [3.8, 4) is 0 Å². The summed E-state index contributed by atoms with van der Waals surface area (Å²) in [7, 11) is 1.76. The summed E-state index contributed by atoms with van der Waals surface area (Å²) in [5, 5.41) is 6.22. The highest BCUT2D eigenvalue weighted by atomic mass is 35.5. The van der Waals surface area contributed by atoms with Gasteiger partial charge in [-0.3, -0.25) is 4.79 Å². The van der Waals surface area contributed by atoms with Crippen LogP contribution in [0.4, 0.5) is 5.82 Å². The fourth-order valence-electron chi connectivity index (χ4n) is 1.95. The summed E-state index contributed by atoms with van der Waals surface area (Å²) in [6.07, 6.45) is 3.61. The van der Waals surface area contributed by atoms with Crippen molar-refractivity contribution in [1.29, 1.82) is 0 Å². The average Bonchev–Trinajstić information content (AvgIpc) is 3.13. The molecule has 4 nitrogen and oxygen atoms in total. The molecule has 1 fully saturated rings. The van der Waals surface area contributed by atoms with Crippen LogP contribution in [0, 0.1) is 5.92 Å². The number of halogens is 1. The van der Waals surface area contributed by atoms with Crippen LogP contribution < -0.4 is 10.6 Å². The zero-order chi connectivity index (χ0) is 13.1. The van der Waals surface area contributed by atoms with Gasteiger partial charge in [0, 0.05) is 13.1 Å². The Balaban J connectivity index is 2.02. The third kappa shape index (κ3) is 3.35. The highest BCUT2D eigenvalue weighted by molar-refractivity contribution is 6.33. The minimum atomic E-state index is -0.203. The first-order chi connectivity index (χ1) is 8.60. The zero-order valence-corrected chi connectivity index (χ0v) is 11.4. The second kappa shape index (κ2) is 5.57. The molecule has 1 atom stereocenters. The molecule has 0 aromatic carbocycles. The van der Waals surface area contributed by atoms with Gasteiger partial charge < -0.3 is 10.6 Å². The van der Waals surface area contributed by atoms with Crippen molar-refractivity contribution in [2.24, 2.45) is 5.92 Å². The summed E-state index contributed by atoms with van der Waals surface area (Å²) in [5.41, 5.74) is 0.283. The summed E-state index contributed by atoms with van der Waals surface area (Å²) in [5.74, 6) is 1.22. The first-order valence-electron chi connectivity index (χ1n) is 6.25. The predicted molar refractivity (Wildman–Crippen MR) is 73.1 cm³/mol. The summed E-state index contributed by atoms with van der Waals surface area (Å²) < 4.78 is 0. The third-order valence-corrected chi connectivity index (χ3v) is 3.38. The fraction of sp³-hybridized carbons (Fsp3) is 0.538. The summed E-state index contributed by atoms with van der Waals surface area (Å²) in [6, 6.07) is 3.59. The third-order valence-electron chi connectivity index (χ3n) is 3.08. The van der Waals surface area contributed by atoms with Gasteiger partial charge in [-0.2, -0.15) is 0 Å². The molecule has 5 heteroatoms. The van der Waals surface area contributed by atoms with Crippen molar-refractivity contribution >= 4 is 23.3 Å². The van der Waals surface area contributed by atoms with Crippen LogP contribution in [-0.2, 0) is 0 Å². The second-order valence-electron chi connectivity index (χ2n) is 4.83. The van der Waals surface area contributed by atoms with Crippen molar-refractivity contribution in [3.05, 3.63) is 22.8 Å². The number of anilines is 1. The van der Waals surface area contributed by atoms with E-state index in [0.29, 0.717) is 10.8 Å². The lowest BCUT2D eigenvalue weighted by Gasteiger charge is -2.14. The Morgan fingerprint density at radius 3 is 2.89 bits per heavy atom. The average molecular weight is 268 g/mol. The molecular weight excluding hydrogens is 250 g/mol. The van der Waals surface area contributed by atoms with Crippen LogP contribution in [0.15, 0.2) is 12.1 Å². The van der Waals surface area contributed by atoms with Crippen LogP contribution >= 0.6 is 11.6 Å². The van der Waals surface area contributed by atoms with Crippen LogP contribution in [0.1, 0.15) is 36.7 Å². The minimum absolute atomic E-state index is 0.168. The quantitative estimate of drug-likeness (QED) is 0.862.